The van der Waals surface area contributed by atoms with Gasteiger partial charge in [0, 0.05) is 18.0 Å². The number of aromatic nitrogens is 1. The van der Waals surface area contributed by atoms with Crippen molar-refractivity contribution >= 4 is 16.7 Å². The van der Waals surface area contributed by atoms with Gasteiger partial charge < -0.3 is 9.72 Å². The topological polar surface area (TPSA) is 42.1 Å². The van der Waals surface area contributed by atoms with Crippen molar-refractivity contribution in [3.05, 3.63) is 48.8 Å². The number of benzene rings is 1. The average molecular weight is 217 g/mol. The summed E-state index contributed by atoms with van der Waals surface area (Å²) < 4.78 is 4.27. The molecule has 0 fully saturated rings. The predicted molar refractivity (Wildman–Crippen MR) is 65.1 cm³/mol. The van der Waals surface area contributed by atoms with Gasteiger partial charge in [-0.05, 0) is 17.7 Å². The Bertz CT molecular complexity index is 455. The van der Waals surface area contributed by atoms with Gasteiger partial charge in [-0.25, -0.2) is 4.79 Å². The van der Waals surface area contributed by atoms with Crippen molar-refractivity contribution in [2.75, 3.05) is 7.11 Å². The molecule has 0 spiro atoms. The molecule has 16 heavy (non-hydrogen) atoms. The van der Waals surface area contributed by atoms with E-state index >= 15 is 0 Å². The molecular formula is C13H15NO2. The van der Waals surface area contributed by atoms with Gasteiger partial charge in [-0.3, -0.25) is 0 Å². The third-order valence-electron chi connectivity index (χ3n) is 2.01. The lowest BCUT2D eigenvalue weighted by Crippen LogP contribution is -1.98. The van der Waals surface area contributed by atoms with Crippen LogP contribution in [0, 0.1) is 0 Å². The first kappa shape index (κ1) is 12.0. The maximum Gasteiger partial charge on any atom is 0.332 e. The molecule has 0 aliphatic rings. The summed E-state index contributed by atoms with van der Waals surface area (Å²) in [7, 11) is 1.33. The minimum atomic E-state index is -0.347. The molecule has 0 unspecified atom stereocenters. The number of ether oxygens (including phenoxy) is 1. The van der Waals surface area contributed by atoms with E-state index in [4.69, 9.17) is 0 Å². The maximum atomic E-state index is 10.2. The minimum absolute atomic E-state index is 0.347. The number of fused-ring (bicyclic) bond motifs is 1. The molecule has 0 atom stereocenters. The third kappa shape index (κ3) is 3.28. The molecule has 0 aliphatic carbocycles. The molecule has 0 aliphatic heterocycles. The van der Waals surface area contributed by atoms with Gasteiger partial charge in [-0.2, -0.15) is 0 Å². The van der Waals surface area contributed by atoms with Crippen LogP contribution in [0.2, 0.25) is 0 Å². The van der Waals surface area contributed by atoms with E-state index in [9.17, 15) is 4.79 Å². The molecule has 0 bridgehead atoms. The van der Waals surface area contributed by atoms with Crippen LogP contribution in [0.1, 0.15) is 6.92 Å². The van der Waals surface area contributed by atoms with Crippen LogP contribution in [-0.4, -0.2) is 18.1 Å². The highest BCUT2D eigenvalue weighted by molar-refractivity contribution is 5.86. The van der Waals surface area contributed by atoms with Crippen molar-refractivity contribution in [1.82, 2.24) is 4.98 Å². The summed E-state index contributed by atoms with van der Waals surface area (Å²) >= 11 is 0. The molecular weight excluding hydrogens is 202 g/mol. The molecule has 3 nitrogen and oxygen atoms in total. The number of methoxy groups -OCH3 is 1. The largest absolute Gasteiger partial charge is 0.466 e. The third-order valence-corrected chi connectivity index (χ3v) is 2.01. The molecule has 0 saturated heterocycles. The maximum absolute atomic E-state index is 10.2. The van der Waals surface area contributed by atoms with Crippen molar-refractivity contribution in [3.63, 3.8) is 0 Å². The van der Waals surface area contributed by atoms with Crippen molar-refractivity contribution < 1.29 is 9.53 Å². The average Bonchev–Trinajstić information content (AvgIpc) is 2.76. The SMILES string of the molecule is C=C(C)C(=O)OC.c1ccc2c[nH]cc2c1. The summed E-state index contributed by atoms with van der Waals surface area (Å²) in [4.78, 5) is 13.2. The Morgan fingerprint density at radius 3 is 2.06 bits per heavy atom. The highest BCUT2D eigenvalue weighted by Gasteiger charge is 1.95. The summed E-state index contributed by atoms with van der Waals surface area (Å²) in [5, 5.41) is 2.55. The van der Waals surface area contributed by atoms with Gasteiger partial charge in [0.05, 0.1) is 7.11 Å². The summed E-state index contributed by atoms with van der Waals surface area (Å²) in [5.41, 5.74) is 0.433. The van der Waals surface area contributed by atoms with Crippen LogP contribution in [-0.2, 0) is 9.53 Å². The Hall–Kier alpha value is -2.03. The second-order valence-electron chi connectivity index (χ2n) is 3.36. The number of carbonyl (C=O) groups excluding carboxylic acids is 1. The van der Waals surface area contributed by atoms with E-state index in [1.165, 1.54) is 17.9 Å². The molecule has 0 radical (unpaired) electrons. The van der Waals surface area contributed by atoms with E-state index in [-0.39, 0.29) is 5.97 Å². The summed E-state index contributed by atoms with van der Waals surface area (Å²) in [5.74, 6) is -0.347. The van der Waals surface area contributed by atoms with Crippen molar-refractivity contribution in [2.45, 2.75) is 6.92 Å². The van der Waals surface area contributed by atoms with Crippen molar-refractivity contribution in [3.8, 4) is 0 Å². The number of esters is 1. The highest BCUT2D eigenvalue weighted by atomic mass is 16.5. The Labute approximate surface area is 94.7 Å². The van der Waals surface area contributed by atoms with Gasteiger partial charge >= 0.3 is 5.97 Å². The van der Waals surface area contributed by atoms with E-state index < -0.39 is 0 Å². The summed E-state index contributed by atoms with van der Waals surface area (Å²) in [6, 6.07) is 8.25. The van der Waals surface area contributed by atoms with E-state index in [1.807, 2.05) is 24.5 Å². The molecule has 1 aromatic carbocycles. The number of hydrogen-bond donors (Lipinski definition) is 1. The first-order valence-electron chi connectivity index (χ1n) is 4.90. The molecule has 3 heteroatoms. The lowest BCUT2D eigenvalue weighted by Gasteiger charge is -1.91. The fraction of sp³-hybridized carbons (Fsp3) is 0.154. The molecule has 1 N–H and O–H groups in total. The van der Waals surface area contributed by atoms with Gasteiger partial charge in [-0.15, -0.1) is 0 Å². The lowest BCUT2D eigenvalue weighted by molar-refractivity contribution is -0.136. The number of H-pyrrole nitrogens is 1. The monoisotopic (exact) mass is 217 g/mol. The molecule has 2 rings (SSSR count). The normalized spacial score (nSPS) is 9.12. The van der Waals surface area contributed by atoms with E-state index in [2.05, 4.69) is 28.4 Å². The van der Waals surface area contributed by atoms with E-state index in [0.717, 1.165) is 0 Å². The fourth-order valence-corrected chi connectivity index (χ4v) is 1.17. The number of carbonyl (C=O) groups is 1. The number of nitrogens with one attached hydrogen (secondary N) is 1. The Kier molecular flexibility index (Phi) is 4.33. The van der Waals surface area contributed by atoms with Gasteiger partial charge in [-0.1, -0.05) is 30.8 Å². The molecule has 2 aromatic rings. The first-order valence-corrected chi connectivity index (χ1v) is 4.90. The van der Waals surface area contributed by atoms with Crippen LogP contribution in [0.3, 0.4) is 0 Å². The van der Waals surface area contributed by atoms with E-state index in [1.54, 1.807) is 6.92 Å². The fourth-order valence-electron chi connectivity index (χ4n) is 1.17. The van der Waals surface area contributed by atoms with Gasteiger partial charge in [0.1, 0.15) is 0 Å². The van der Waals surface area contributed by atoms with Crippen LogP contribution < -0.4 is 0 Å². The minimum Gasteiger partial charge on any atom is -0.466 e. The highest BCUT2D eigenvalue weighted by Crippen LogP contribution is 2.10. The van der Waals surface area contributed by atoms with Gasteiger partial charge in [0.2, 0.25) is 0 Å². The van der Waals surface area contributed by atoms with E-state index in [0.29, 0.717) is 5.57 Å². The zero-order chi connectivity index (χ0) is 12.0. The lowest BCUT2D eigenvalue weighted by atomic mass is 10.2. The molecule has 0 amide bonds. The zero-order valence-corrected chi connectivity index (χ0v) is 9.49. The summed E-state index contributed by atoms with van der Waals surface area (Å²) in [6.45, 7) is 4.95. The second kappa shape index (κ2) is 5.75. The smallest absolute Gasteiger partial charge is 0.332 e. The molecule has 1 heterocycles. The second-order valence-corrected chi connectivity index (χ2v) is 3.36. The number of rotatable bonds is 1. The Morgan fingerprint density at radius 2 is 1.75 bits per heavy atom. The summed E-state index contributed by atoms with van der Waals surface area (Å²) in [6.07, 6.45) is 3.99. The van der Waals surface area contributed by atoms with Crippen LogP contribution in [0.4, 0.5) is 0 Å². The van der Waals surface area contributed by atoms with Crippen molar-refractivity contribution in [2.24, 2.45) is 0 Å². The Morgan fingerprint density at radius 1 is 1.25 bits per heavy atom. The van der Waals surface area contributed by atoms with Gasteiger partial charge in [0.25, 0.3) is 0 Å². The van der Waals surface area contributed by atoms with Gasteiger partial charge in [0.15, 0.2) is 0 Å². The zero-order valence-electron chi connectivity index (χ0n) is 9.49. The van der Waals surface area contributed by atoms with Crippen LogP contribution in [0.15, 0.2) is 48.8 Å². The van der Waals surface area contributed by atoms with Crippen LogP contribution >= 0.6 is 0 Å². The number of aromatic amines is 1. The standard InChI is InChI=1S/C8H7N.C5H8O2/c1-2-4-8-6-9-5-7(8)3-1;1-4(2)5(6)7-3/h1-6,9H;1H2,2-3H3. The molecule has 1 aromatic heterocycles. The van der Waals surface area contributed by atoms with Crippen LogP contribution in [0.25, 0.3) is 10.8 Å². The quantitative estimate of drug-likeness (QED) is 0.589. The Balaban J connectivity index is 0.000000168. The first-order chi connectivity index (χ1) is 7.65. The number of hydrogen-bond acceptors (Lipinski definition) is 2. The van der Waals surface area contributed by atoms with Crippen molar-refractivity contribution in [1.29, 1.82) is 0 Å². The molecule has 84 valence electrons. The van der Waals surface area contributed by atoms with Crippen LogP contribution in [0.5, 0.6) is 0 Å². The predicted octanol–water partition coefficient (Wildman–Crippen LogP) is 2.90. The molecule has 0 saturated carbocycles.